The van der Waals surface area contributed by atoms with Crippen LogP contribution in [0.15, 0.2) is 47.3 Å². The number of thioether (sulfide) groups is 1. The molecule has 1 aliphatic rings. The van der Waals surface area contributed by atoms with Gasteiger partial charge in [-0.05, 0) is 42.7 Å². The van der Waals surface area contributed by atoms with E-state index in [1.807, 2.05) is 0 Å². The van der Waals surface area contributed by atoms with Gasteiger partial charge in [0.2, 0.25) is 5.91 Å². The molecular formula is C20H23FN2O3S. The minimum absolute atomic E-state index is 0.162. The fourth-order valence-corrected chi connectivity index (χ4v) is 4.38. The maximum atomic E-state index is 13.2. The van der Waals surface area contributed by atoms with Gasteiger partial charge in [0.05, 0.1) is 12.5 Å². The topological polar surface area (TPSA) is 62.6 Å². The standard InChI is InChI=1S/C20H23FN2O3S/c1-13(2)7-9-22-18(24)17-12-27-20(15-8-10-26-11-15)23(17)19(25)14-3-5-16(21)6-4-14/h3-6,8,10-11,13,17,20H,7,9,12H2,1-2H3,(H,22,24)/t17-,20+/m0/s1. The number of carbonyl (C=O) groups excluding carboxylic acids is 2. The molecule has 2 atom stereocenters. The van der Waals surface area contributed by atoms with Crippen LogP contribution in [-0.4, -0.2) is 35.1 Å². The van der Waals surface area contributed by atoms with Gasteiger partial charge in [0, 0.05) is 23.4 Å². The molecule has 1 fully saturated rings. The molecule has 1 aromatic carbocycles. The zero-order valence-corrected chi connectivity index (χ0v) is 16.2. The number of amides is 2. The summed E-state index contributed by atoms with van der Waals surface area (Å²) in [6, 6.07) is 6.60. The molecule has 7 heteroatoms. The van der Waals surface area contributed by atoms with Crippen molar-refractivity contribution in [1.82, 2.24) is 10.2 Å². The van der Waals surface area contributed by atoms with Gasteiger partial charge in [0.1, 0.15) is 17.2 Å². The van der Waals surface area contributed by atoms with Crippen molar-refractivity contribution in [2.75, 3.05) is 12.3 Å². The fraction of sp³-hybridized carbons (Fsp3) is 0.400. The van der Waals surface area contributed by atoms with Crippen LogP contribution in [0, 0.1) is 11.7 Å². The Morgan fingerprint density at radius 2 is 2.04 bits per heavy atom. The highest BCUT2D eigenvalue weighted by molar-refractivity contribution is 7.99. The molecule has 0 spiro atoms. The van der Waals surface area contributed by atoms with Crippen molar-refractivity contribution in [3.05, 3.63) is 59.8 Å². The second-order valence-electron chi connectivity index (χ2n) is 6.95. The third-order valence-corrected chi connectivity index (χ3v) is 5.80. The molecule has 0 aliphatic carbocycles. The first-order valence-corrected chi connectivity index (χ1v) is 10.0. The Bertz CT molecular complexity index is 777. The summed E-state index contributed by atoms with van der Waals surface area (Å²) >= 11 is 1.52. The Kier molecular flexibility index (Phi) is 6.21. The molecule has 144 valence electrons. The second-order valence-corrected chi connectivity index (χ2v) is 8.06. The Hall–Kier alpha value is -2.28. The summed E-state index contributed by atoms with van der Waals surface area (Å²) in [6.45, 7) is 4.76. The van der Waals surface area contributed by atoms with Crippen LogP contribution in [0.25, 0.3) is 0 Å². The summed E-state index contributed by atoms with van der Waals surface area (Å²) in [5, 5.41) is 2.62. The van der Waals surface area contributed by atoms with Gasteiger partial charge in [0.15, 0.2) is 0 Å². The summed E-state index contributed by atoms with van der Waals surface area (Å²) in [6.07, 6.45) is 4.01. The van der Waals surface area contributed by atoms with Gasteiger partial charge in [-0.2, -0.15) is 0 Å². The molecule has 1 saturated heterocycles. The van der Waals surface area contributed by atoms with E-state index in [1.54, 1.807) is 23.5 Å². The van der Waals surface area contributed by atoms with Crippen molar-refractivity contribution >= 4 is 23.6 Å². The van der Waals surface area contributed by atoms with Crippen molar-refractivity contribution in [1.29, 1.82) is 0 Å². The molecule has 2 amide bonds. The molecule has 2 heterocycles. The van der Waals surface area contributed by atoms with E-state index < -0.39 is 11.9 Å². The molecule has 0 bridgehead atoms. The monoisotopic (exact) mass is 390 g/mol. The lowest BCUT2D eigenvalue weighted by Crippen LogP contribution is -2.48. The van der Waals surface area contributed by atoms with Crippen LogP contribution in [0.3, 0.4) is 0 Å². The third-order valence-electron chi connectivity index (χ3n) is 4.48. The number of rotatable bonds is 6. The minimum atomic E-state index is -0.584. The highest BCUT2D eigenvalue weighted by Crippen LogP contribution is 2.42. The number of furan rings is 1. The van der Waals surface area contributed by atoms with Crippen molar-refractivity contribution in [3.63, 3.8) is 0 Å². The van der Waals surface area contributed by atoms with Gasteiger partial charge < -0.3 is 14.6 Å². The Morgan fingerprint density at radius 3 is 2.67 bits per heavy atom. The number of halogens is 1. The molecule has 1 aromatic heterocycles. The Balaban J connectivity index is 1.83. The zero-order chi connectivity index (χ0) is 19.4. The Morgan fingerprint density at radius 1 is 1.30 bits per heavy atom. The normalized spacial score (nSPS) is 19.5. The number of nitrogens with zero attached hydrogens (tertiary/aromatic N) is 1. The average Bonchev–Trinajstić information content (AvgIpc) is 3.30. The van der Waals surface area contributed by atoms with Gasteiger partial charge in [0.25, 0.3) is 5.91 Å². The highest BCUT2D eigenvalue weighted by Gasteiger charge is 2.42. The SMILES string of the molecule is CC(C)CCNC(=O)[C@@H]1CS[C@H](c2ccoc2)N1C(=O)c1ccc(F)cc1. The number of benzene rings is 1. The van der Waals surface area contributed by atoms with Crippen molar-refractivity contribution in [2.24, 2.45) is 5.92 Å². The summed E-state index contributed by atoms with van der Waals surface area (Å²) in [7, 11) is 0. The molecule has 27 heavy (non-hydrogen) atoms. The molecule has 5 nitrogen and oxygen atoms in total. The van der Waals surface area contributed by atoms with Gasteiger partial charge in [-0.1, -0.05) is 13.8 Å². The first-order valence-electron chi connectivity index (χ1n) is 8.97. The van der Waals surface area contributed by atoms with Gasteiger partial charge in [-0.25, -0.2) is 4.39 Å². The lowest BCUT2D eigenvalue weighted by Gasteiger charge is -2.28. The van der Waals surface area contributed by atoms with E-state index in [0.29, 0.717) is 23.8 Å². The third kappa shape index (κ3) is 4.53. The van der Waals surface area contributed by atoms with E-state index in [1.165, 1.54) is 36.0 Å². The van der Waals surface area contributed by atoms with Crippen LogP contribution in [0.5, 0.6) is 0 Å². The Labute approximate surface area is 162 Å². The largest absolute Gasteiger partial charge is 0.472 e. The molecule has 1 N–H and O–H groups in total. The fourth-order valence-electron chi connectivity index (χ4n) is 2.97. The zero-order valence-electron chi connectivity index (χ0n) is 15.4. The molecule has 2 aromatic rings. The van der Waals surface area contributed by atoms with E-state index in [-0.39, 0.29) is 17.2 Å². The van der Waals surface area contributed by atoms with E-state index in [4.69, 9.17) is 4.42 Å². The highest BCUT2D eigenvalue weighted by atomic mass is 32.2. The van der Waals surface area contributed by atoms with Crippen LogP contribution in [0.4, 0.5) is 4.39 Å². The summed E-state index contributed by atoms with van der Waals surface area (Å²) in [5.74, 6) is 0.117. The quantitative estimate of drug-likeness (QED) is 0.814. The summed E-state index contributed by atoms with van der Waals surface area (Å²) in [5.41, 5.74) is 1.18. The predicted molar refractivity (Wildman–Crippen MR) is 103 cm³/mol. The lowest BCUT2D eigenvalue weighted by molar-refractivity contribution is -0.124. The smallest absolute Gasteiger partial charge is 0.255 e. The number of carbonyl (C=O) groups is 2. The predicted octanol–water partition coefficient (Wildman–Crippen LogP) is 3.84. The maximum absolute atomic E-state index is 13.2. The summed E-state index contributed by atoms with van der Waals surface area (Å²) in [4.78, 5) is 27.5. The molecule has 0 unspecified atom stereocenters. The van der Waals surface area contributed by atoms with Gasteiger partial charge in [-0.3, -0.25) is 9.59 Å². The van der Waals surface area contributed by atoms with Gasteiger partial charge >= 0.3 is 0 Å². The molecule has 1 aliphatic heterocycles. The lowest BCUT2D eigenvalue weighted by atomic mass is 10.1. The van der Waals surface area contributed by atoms with Gasteiger partial charge in [-0.15, -0.1) is 11.8 Å². The second kappa shape index (κ2) is 8.61. The van der Waals surface area contributed by atoms with E-state index in [9.17, 15) is 14.0 Å². The average molecular weight is 390 g/mol. The van der Waals surface area contributed by atoms with Crippen LogP contribution < -0.4 is 5.32 Å². The van der Waals surface area contributed by atoms with Crippen molar-refractivity contribution < 1.29 is 18.4 Å². The maximum Gasteiger partial charge on any atom is 0.255 e. The molecule has 3 rings (SSSR count). The molecule has 0 radical (unpaired) electrons. The van der Waals surface area contributed by atoms with Crippen LogP contribution in [-0.2, 0) is 4.79 Å². The van der Waals surface area contributed by atoms with E-state index in [2.05, 4.69) is 19.2 Å². The molecule has 0 saturated carbocycles. The summed E-state index contributed by atoms with van der Waals surface area (Å²) < 4.78 is 18.4. The first-order chi connectivity index (χ1) is 13.0. The molecular weight excluding hydrogens is 367 g/mol. The van der Waals surface area contributed by atoms with Crippen molar-refractivity contribution in [2.45, 2.75) is 31.7 Å². The van der Waals surface area contributed by atoms with Crippen LogP contribution in [0.1, 0.15) is 41.6 Å². The number of hydrogen-bond donors (Lipinski definition) is 1. The minimum Gasteiger partial charge on any atom is -0.472 e. The van der Waals surface area contributed by atoms with Crippen molar-refractivity contribution in [3.8, 4) is 0 Å². The number of nitrogens with one attached hydrogen (secondary N) is 1. The van der Waals surface area contributed by atoms with E-state index >= 15 is 0 Å². The van der Waals surface area contributed by atoms with Crippen LogP contribution in [0.2, 0.25) is 0 Å². The van der Waals surface area contributed by atoms with Crippen LogP contribution >= 0.6 is 11.8 Å². The first kappa shape index (κ1) is 19.5. The van der Waals surface area contributed by atoms with E-state index in [0.717, 1.165) is 12.0 Å². The number of hydrogen-bond acceptors (Lipinski definition) is 4.